The van der Waals surface area contributed by atoms with Crippen molar-refractivity contribution in [1.82, 2.24) is 10.2 Å². The van der Waals surface area contributed by atoms with Gasteiger partial charge >= 0.3 is 0 Å². The van der Waals surface area contributed by atoms with Gasteiger partial charge in [-0.25, -0.2) is 0 Å². The second-order valence-electron chi connectivity index (χ2n) is 7.12. The average molecular weight is 506 g/mol. The zero-order valence-electron chi connectivity index (χ0n) is 17.8. The number of non-ortho nitro benzene ring substituents is 1. The van der Waals surface area contributed by atoms with E-state index in [1.54, 1.807) is 66.7 Å². The van der Waals surface area contributed by atoms with Crippen molar-refractivity contribution in [2.45, 2.75) is 0 Å². The minimum Gasteiger partial charge on any atom is -0.323 e. The van der Waals surface area contributed by atoms with Crippen molar-refractivity contribution in [2.24, 2.45) is 0 Å². The van der Waals surface area contributed by atoms with Gasteiger partial charge in [0.25, 0.3) is 11.6 Å². The summed E-state index contributed by atoms with van der Waals surface area (Å²) in [5, 5.41) is 25.6. The molecule has 2 amide bonds. The molecule has 0 bridgehead atoms. The number of rotatable bonds is 7. The Hall–Kier alpha value is -4.41. The van der Waals surface area contributed by atoms with Crippen molar-refractivity contribution in [3.63, 3.8) is 0 Å². The molecule has 4 rings (SSSR count). The second kappa shape index (κ2) is 10.7. The van der Waals surface area contributed by atoms with E-state index in [9.17, 15) is 19.7 Å². The lowest BCUT2D eigenvalue weighted by atomic mass is 10.2. The minimum atomic E-state index is -0.482. The molecule has 35 heavy (non-hydrogen) atoms. The maximum Gasteiger partial charge on any atom is 0.269 e. The molecule has 1 aromatic heterocycles. The second-order valence-corrected chi connectivity index (χ2v) is 8.54. The van der Waals surface area contributed by atoms with Crippen LogP contribution in [0.4, 0.5) is 16.5 Å². The van der Waals surface area contributed by atoms with Crippen molar-refractivity contribution in [1.29, 1.82) is 0 Å². The lowest BCUT2D eigenvalue weighted by Gasteiger charge is -2.05. The highest BCUT2D eigenvalue weighted by Gasteiger charge is 2.13. The summed E-state index contributed by atoms with van der Waals surface area (Å²) in [6.07, 6.45) is 3.07. The number of nitro benzene ring substituents is 1. The minimum absolute atomic E-state index is 0.0241. The Morgan fingerprint density at radius 3 is 2.26 bits per heavy atom. The Bertz CT molecular complexity index is 1400. The van der Waals surface area contributed by atoms with Crippen molar-refractivity contribution in [3.8, 4) is 10.6 Å². The van der Waals surface area contributed by atoms with Crippen LogP contribution in [0.2, 0.25) is 5.02 Å². The third kappa shape index (κ3) is 6.34. The molecule has 0 atom stereocenters. The van der Waals surface area contributed by atoms with Gasteiger partial charge in [0.05, 0.1) is 4.92 Å². The topological polar surface area (TPSA) is 127 Å². The summed E-state index contributed by atoms with van der Waals surface area (Å²) >= 11 is 6.99. The Morgan fingerprint density at radius 1 is 0.914 bits per heavy atom. The zero-order chi connectivity index (χ0) is 24.8. The van der Waals surface area contributed by atoms with E-state index in [2.05, 4.69) is 20.8 Å². The fraction of sp³-hybridized carbons (Fsp3) is 0. The molecular weight excluding hydrogens is 490 g/mol. The Morgan fingerprint density at radius 2 is 1.60 bits per heavy atom. The van der Waals surface area contributed by atoms with Crippen LogP contribution in [0.1, 0.15) is 15.9 Å². The molecule has 11 heteroatoms. The Kier molecular flexibility index (Phi) is 7.24. The van der Waals surface area contributed by atoms with Crippen molar-refractivity contribution in [3.05, 3.63) is 105 Å². The van der Waals surface area contributed by atoms with Gasteiger partial charge in [0, 0.05) is 40.0 Å². The van der Waals surface area contributed by atoms with E-state index in [1.807, 2.05) is 0 Å². The summed E-state index contributed by atoms with van der Waals surface area (Å²) < 4.78 is 0. The zero-order valence-corrected chi connectivity index (χ0v) is 19.4. The van der Waals surface area contributed by atoms with E-state index >= 15 is 0 Å². The van der Waals surface area contributed by atoms with Crippen molar-refractivity contribution in [2.75, 3.05) is 10.6 Å². The molecule has 0 aliphatic carbocycles. The molecule has 0 aliphatic heterocycles. The highest BCUT2D eigenvalue weighted by atomic mass is 35.5. The molecule has 0 spiro atoms. The van der Waals surface area contributed by atoms with Crippen LogP contribution in [-0.4, -0.2) is 26.9 Å². The number of hydrogen-bond acceptors (Lipinski definition) is 7. The fourth-order valence-corrected chi connectivity index (χ4v) is 3.79. The first-order valence-electron chi connectivity index (χ1n) is 10.1. The third-order valence-corrected chi connectivity index (χ3v) is 5.82. The summed E-state index contributed by atoms with van der Waals surface area (Å²) in [5.74, 6) is -0.707. The highest BCUT2D eigenvalue weighted by Crippen LogP contribution is 2.28. The molecule has 0 fully saturated rings. The maximum atomic E-state index is 12.5. The van der Waals surface area contributed by atoms with Crippen molar-refractivity contribution < 1.29 is 14.5 Å². The molecule has 3 aromatic carbocycles. The summed E-state index contributed by atoms with van der Waals surface area (Å²) in [6, 6.07) is 19.4. The normalized spacial score (nSPS) is 10.8. The number of hydrogen-bond donors (Lipinski definition) is 2. The van der Waals surface area contributed by atoms with Crippen molar-refractivity contribution >= 4 is 57.3 Å². The molecule has 4 aromatic rings. The molecular formula is C24H16ClN5O4S. The lowest BCUT2D eigenvalue weighted by molar-refractivity contribution is -0.384. The van der Waals surface area contributed by atoms with Crippen LogP contribution in [0, 0.1) is 10.1 Å². The molecule has 1 heterocycles. The summed E-state index contributed by atoms with van der Waals surface area (Å²) in [7, 11) is 0. The SMILES string of the molecule is O=C(/C=C/c1ccc(Cl)cc1)Nc1ccc(C(=O)Nc2nnc(-c3ccc([N+](=O)[O-])cc3)s2)cc1. The third-order valence-electron chi connectivity index (χ3n) is 4.68. The standard InChI is InChI=1S/C24H16ClN5O4S/c25-18-8-1-15(2-9-18)3-14-21(31)26-19-10-4-16(5-11-19)22(32)27-24-29-28-23(35-24)17-6-12-20(13-7-17)30(33)34/h1-14H,(H,26,31)(H,27,29,32)/b14-3+. The number of carbonyl (C=O) groups excluding carboxylic acids is 2. The van der Waals surface area contributed by atoms with Gasteiger partial charge in [0.2, 0.25) is 11.0 Å². The van der Waals surface area contributed by atoms with Gasteiger partial charge in [0.1, 0.15) is 5.01 Å². The van der Waals surface area contributed by atoms with Gasteiger partial charge in [0.15, 0.2) is 0 Å². The Labute approximate surface area is 208 Å². The molecule has 0 unspecified atom stereocenters. The number of nitrogens with one attached hydrogen (secondary N) is 2. The van der Waals surface area contributed by atoms with Crippen LogP contribution in [0.5, 0.6) is 0 Å². The van der Waals surface area contributed by atoms with Crippen LogP contribution in [0.3, 0.4) is 0 Å². The molecule has 2 N–H and O–H groups in total. The largest absolute Gasteiger partial charge is 0.323 e. The van der Waals surface area contributed by atoms with E-state index < -0.39 is 10.8 Å². The lowest BCUT2D eigenvalue weighted by Crippen LogP contribution is -2.12. The highest BCUT2D eigenvalue weighted by molar-refractivity contribution is 7.18. The van der Waals surface area contributed by atoms with Crippen LogP contribution in [0.25, 0.3) is 16.6 Å². The molecule has 0 radical (unpaired) electrons. The van der Waals surface area contributed by atoms with Crippen LogP contribution >= 0.6 is 22.9 Å². The maximum absolute atomic E-state index is 12.5. The van der Waals surface area contributed by atoms with Crippen LogP contribution < -0.4 is 10.6 Å². The average Bonchev–Trinajstić information content (AvgIpc) is 3.32. The molecule has 0 saturated heterocycles. The number of nitrogens with zero attached hydrogens (tertiary/aromatic N) is 3. The number of halogens is 1. The fourth-order valence-electron chi connectivity index (χ4n) is 2.92. The molecule has 0 saturated carbocycles. The predicted octanol–water partition coefficient (Wildman–Crippen LogP) is 5.67. The van der Waals surface area contributed by atoms with E-state index in [1.165, 1.54) is 18.2 Å². The first-order valence-corrected chi connectivity index (χ1v) is 11.3. The van der Waals surface area contributed by atoms with Gasteiger partial charge in [-0.05, 0) is 60.2 Å². The smallest absolute Gasteiger partial charge is 0.269 e. The summed E-state index contributed by atoms with van der Waals surface area (Å²) in [5.41, 5.74) is 2.36. The number of aromatic nitrogens is 2. The summed E-state index contributed by atoms with van der Waals surface area (Å²) in [4.78, 5) is 35.0. The first-order chi connectivity index (χ1) is 16.9. The van der Waals surface area contributed by atoms with Gasteiger partial charge in [-0.3, -0.25) is 25.0 Å². The van der Waals surface area contributed by atoms with Gasteiger partial charge < -0.3 is 5.32 Å². The quantitative estimate of drug-likeness (QED) is 0.189. The monoisotopic (exact) mass is 505 g/mol. The van der Waals surface area contributed by atoms with Crippen LogP contribution in [0.15, 0.2) is 78.9 Å². The van der Waals surface area contributed by atoms with Gasteiger partial charge in [-0.1, -0.05) is 35.1 Å². The molecule has 0 aliphatic rings. The van der Waals surface area contributed by atoms with E-state index in [0.29, 0.717) is 26.8 Å². The van der Waals surface area contributed by atoms with E-state index in [-0.39, 0.29) is 16.7 Å². The number of anilines is 2. The van der Waals surface area contributed by atoms with Crippen LogP contribution in [-0.2, 0) is 4.79 Å². The number of carbonyl (C=O) groups is 2. The van der Waals surface area contributed by atoms with Gasteiger partial charge in [-0.15, -0.1) is 10.2 Å². The number of benzene rings is 3. The van der Waals surface area contributed by atoms with Gasteiger partial charge in [-0.2, -0.15) is 0 Å². The number of nitro groups is 1. The number of amides is 2. The predicted molar refractivity (Wildman–Crippen MR) is 136 cm³/mol. The first kappa shape index (κ1) is 23.7. The van der Waals surface area contributed by atoms with E-state index in [4.69, 9.17) is 11.6 Å². The molecule has 9 nitrogen and oxygen atoms in total. The summed E-state index contributed by atoms with van der Waals surface area (Å²) in [6.45, 7) is 0. The molecule has 174 valence electrons. The Balaban J connectivity index is 1.34. The van der Waals surface area contributed by atoms with E-state index in [0.717, 1.165) is 16.9 Å².